The molecule has 3 aromatic carbocycles. The highest BCUT2D eigenvalue weighted by Crippen LogP contribution is 2.26. The van der Waals surface area contributed by atoms with Crippen LogP contribution in [-0.2, 0) is 34.9 Å². The van der Waals surface area contributed by atoms with Gasteiger partial charge in [-0.15, -0.1) is 0 Å². The molecule has 0 saturated heterocycles. The Bertz CT molecular complexity index is 1200. The molecule has 0 amide bonds. The highest BCUT2D eigenvalue weighted by atomic mass is 32.2. The minimum Gasteiger partial charge on any atom is -0.294 e. The molecule has 0 spiro atoms. The molecule has 1 N–H and O–H groups in total. The van der Waals surface area contributed by atoms with E-state index in [1.807, 2.05) is 6.07 Å². The van der Waals surface area contributed by atoms with Crippen molar-refractivity contribution >= 4 is 15.7 Å². The Morgan fingerprint density at radius 1 is 0.938 bits per heavy atom. The molecule has 0 unspecified atom stereocenters. The van der Waals surface area contributed by atoms with E-state index in [9.17, 15) is 12.8 Å². The van der Waals surface area contributed by atoms with Gasteiger partial charge in [-0.2, -0.15) is 0 Å². The lowest BCUT2D eigenvalue weighted by atomic mass is 9.86. The Balaban J connectivity index is 1.44. The molecular weight excluding hydrogens is 423 g/mol. The zero-order valence-electron chi connectivity index (χ0n) is 18.7. The Hall–Kier alpha value is -2.70. The van der Waals surface area contributed by atoms with Crippen molar-refractivity contribution in [3.63, 3.8) is 0 Å². The molecule has 4 rings (SSSR count). The Labute approximate surface area is 190 Å². The van der Waals surface area contributed by atoms with Gasteiger partial charge in [0.1, 0.15) is 5.82 Å². The maximum Gasteiger partial charge on any atom is 0.261 e. The molecule has 0 saturated carbocycles. The molecule has 0 fully saturated rings. The highest BCUT2D eigenvalue weighted by molar-refractivity contribution is 7.92. The van der Waals surface area contributed by atoms with E-state index < -0.39 is 15.8 Å². The maximum absolute atomic E-state index is 13.1. The zero-order valence-corrected chi connectivity index (χ0v) is 19.5. The summed E-state index contributed by atoms with van der Waals surface area (Å²) in [6, 6.07) is 19.4. The molecule has 0 aliphatic carbocycles. The Morgan fingerprint density at radius 3 is 2.28 bits per heavy atom. The number of rotatable bonds is 5. The van der Waals surface area contributed by atoms with Gasteiger partial charge in [-0.05, 0) is 70.5 Å². The first-order valence-corrected chi connectivity index (χ1v) is 12.3. The number of hydrogen-bond donors (Lipinski definition) is 1. The van der Waals surface area contributed by atoms with Crippen LogP contribution >= 0.6 is 0 Å². The number of nitrogens with zero attached hydrogens (tertiary/aromatic N) is 1. The molecule has 0 radical (unpaired) electrons. The summed E-state index contributed by atoms with van der Waals surface area (Å²) in [5.74, 6) is -0.406. The van der Waals surface area contributed by atoms with Crippen LogP contribution in [0.3, 0.4) is 0 Å². The largest absolute Gasteiger partial charge is 0.294 e. The average Bonchev–Trinajstić information content (AvgIpc) is 2.74. The Morgan fingerprint density at radius 2 is 1.62 bits per heavy atom. The summed E-state index contributed by atoms with van der Waals surface area (Å²) in [6.45, 7) is 9.19. The first-order chi connectivity index (χ1) is 15.1. The second kappa shape index (κ2) is 8.68. The first kappa shape index (κ1) is 22.5. The normalized spacial score (nSPS) is 14.8. The second-order valence-corrected chi connectivity index (χ2v) is 11.1. The van der Waals surface area contributed by atoms with Crippen LogP contribution in [0.4, 0.5) is 10.1 Å². The van der Waals surface area contributed by atoms with Crippen LogP contribution in [0.1, 0.15) is 43.0 Å². The van der Waals surface area contributed by atoms with Gasteiger partial charge in [-0.1, -0.05) is 51.1 Å². The van der Waals surface area contributed by atoms with Crippen LogP contribution in [0.15, 0.2) is 71.6 Å². The van der Waals surface area contributed by atoms with Crippen LogP contribution in [0.25, 0.3) is 0 Å². The van der Waals surface area contributed by atoms with Crippen molar-refractivity contribution in [2.75, 3.05) is 11.3 Å². The summed E-state index contributed by atoms with van der Waals surface area (Å²) >= 11 is 0. The average molecular weight is 453 g/mol. The Kier molecular flexibility index (Phi) is 6.10. The van der Waals surface area contributed by atoms with Gasteiger partial charge in [0.2, 0.25) is 0 Å². The minimum absolute atomic E-state index is 0.145. The van der Waals surface area contributed by atoms with Crippen LogP contribution in [0.5, 0.6) is 0 Å². The van der Waals surface area contributed by atoms with Gasteiger partial charge in [0.15, 0.2) is 0 Å². The van der Waals surface area contributed by atoms with Crippen molar-refractivity contribution in [3.8, 4) is 0 Å². The van der Waals surface area contributed by atoms with Crippen molar-refractivity contribution < 1.29 is 12.8 Å². The molecule has 168 valence electrons. The molecule has 6 heteroatoms. The predicted octanol–water partition coefficient (Wildman–Crippen LogP) is 5.48. The molecule has 3 aromatic rings. The lowest BCUT2D eigenvalue weighted by Crippen LogP contribution is -2.30. The van der Waals surface area contributed by atoms with E-state index in [1.54, 1.807) is 12.1 Å². The monoisotopic (exact) mass is 452 g/mol. The van der Waals surface area contributed by atoms with Crippen LogP contribution in [0, 0.1) is 5.82 Å². The number of benzene rings is 3. The smallest absolute Gasteiger partial charge is 0.261 e. The second-order valence-electron chi connectivity index (χ2n) is 9.45. The lowest BCUT2D eigenvalue weighted by Gasteiger charge is -2.29. The third-order valence-electron chi connectivity index (χ3n) is 5.90. The van der Waals surface area contributed by atoms with Gasteiger partial charge in [0.05, 0.1) is 4.90 Å². The fourth-order valence-corrected chi connectivity index (χ4v) is 5.10. The van der Waals surface area contributed by atoms with E-state index in [0.29, 0.717) is 5.69 Å². The molecule has 0 aromatic heterocycles. The summed E-state index contributed by atoms with van der Waals surface area (Å²) in [5.41, 5.74) is 5.31. The molecule has 4 nitrogen and oxygen atoms in total. The number of sulfonamides is 1. The number of anilines is 1. The molecule has 1 aliphatic rings. The summed E-state index contributed by atoms with van der Waals surface area (Å²) in [7, 11) is -3.72. The van der Waals surface area contributed by atoms with Gasteiger partial charge < -0.3 is 0 Å². The van der Waals surface area contributed by atoms with Crippen LogP contribution in [-0.4, -0.2) is 19.9 Å². The van der Waals surface area contributed by atoms with Crippen molar-refractivity contribution in [1.29, 1.82) is 0 Å². The molecule has 1 aliphatic heterocycles. The van der Waals surface area contributed by atoms with Crippen molar-refractivity contribution in [2.24, 2.45) is 0 Å². The van der Waals surface area contributed by atoms with Crippen LogP contribution < -0.4 is 4.72 Å². The standard InChI is InChI=1S/C26H29FN2O2S/c1-26(2,3)22-7-4-19(5-8-22)17-29-15-14-20-16-25(13-6-21(20)18-29)32(30,31)28-24-11-9-23(27)10-12-24/h4-13,16,28H,14-15,17-18H2,1-3H3. The number of hydrogen-bond acceptors (Lipinski definition) is 3. The van der Waals surface area contributed by atoms with Crippen molar-refractivity contribution in [2.45, 2.75) is 50.6 Å². The SMILES string of the molecule is CC(C)(C)c1ccc(CN2CCc3cc(S(=O)(=O)Nc4ccc(F)cc4)ccc3C2)cc1. The quantitative estimate of drug-likeness (QED) is 0.557. The third-order valence-corrected chi connectivity index (χ3v) is 7.28. The highest BCUT2D eigenvalue weighted by Gasteiger charge is 2.21. The first-order valence-electron chi connectivity index (χ1n) is 10.8. The van der Waals surface area contributed by atoms with E-state index in [-0.39, 0.29) is 10.3 Å². The lowest BCUT2D eigenvalue weighted by molar-refractivity contribution is 0.245. The minimum atomic E-state index is -3.72. The number of halogens is 1. The summed E-state index contributed by atoms with van der Waals surface area (Å²) in [6.07, 6.45) is 0.801. The van der Waals surface area contributed by atoms with E-state index in [1.165, 1.54) is 35.4 Å². The van der Waals surface area contributed by atoms with Gasteiger partial charge in [-0.25, -0.2) is 12.8 Å². The van der Waals surface area contributed by atoms with Gasteiger partial charge in [0, 0.05) is 25.3 Å². The van der Waals surface area contributed by atoms with Crippen molar-refractivity contribution in [3.05, 3.63) is 94.8 Å². The van der Waals surface area contributed by atoms with Gasteiger partial charge in [-0.3, -0.25) is 9.62 Å². The van der Waals surface area contributed by atoms with Gasteiger partial charge in [0.25, 0.3) is 10.0 Å². The van der Waals surface area contributed by atoms with Crippen molar-refractivity contribution in [1.82, 2.24) is 4.90 Å². The molecule has 1 heterocycles. The molecule has 0 atom stereocenters. The van der Waals surface area contributed by atoms with E-state index in [4.69, 9.17) is 0 Å². The maximum atomic E-state index is 13.1. The summed E-state index contributed by atoms with van der Waals surface area (Å²) in [4.78, 5) is 2.62. The van der Waals surface area contributed by atoms with Crippen LogP contribution in [0.2, 0.25) is 0 Å². The molecule has 0 bridgehead atoms. The fourth-order valence-electron chi connectivity index (χ4n) is 3.99. The van der Waals surface area contributed by atoms with Gasteiger partial charge >= 0.3 is 0 Å². The number of nitrogens with one attached hydrogen (secondary N) is 1. The van der Waals surface area contributed by atoms with E-state index >= 15 is 0 Å². The zero-order chi connectivity index (χ0) is 22.9. The third kappa shape index (κ3) is 5.19. The van der Waals surface area contributed by atoms with E-state index in [0.717, 1.165) is 37.2 Å². The molecule has 32 heavy (non-hydrogen) atoms. The summed E-state index contributed by atoms with van der Waals surface area (Å²) in [5, 5.41) is 0. The fraction of sp³-hybridized carbons (Fsp3) is 0.308. The summed E-state index contributed by atoms with van der Waals surface area (Å²) < 4.78 is 41.1. The molecular formula is C26H29FN2O2S. The van der Waals surface area contributed by atoms with E-state index in [2.05, 4.69) is 54.7 Å². The number of fused-ring (bicyclic) bond motifs is 1. The predicted molar refractivity (Wildman–Crippen MR) is 127 cm³/mol. The topological polar surface area (TPSA) is 49.4 Å².